The van der Waals surface area contributed by atoms with Crippen LogP contribution in [-0.2, 0) is 9.59 Å². The molecule has 1 aliphatic heterocycles. The highest BCUT2D eigenvalue weighted by Crippen LogP contribution is 2.36. The summed E-state index contributed by atoms with van der Waals surface area (Å²) in [5.41, 5.74) is 0.684. The number of nitrogens with one attached hydrogen (secondary N) is 1. The molecule has 3 rings (SSSR count). The molecule has 2 aromatic rings. The maximum absolute atomic E-state index is 12.6. The van der Waals surface area contributed by atoms with Crippen LogP contribution in [0.15, 0.2) is 42.5 Å². The van der Waals surface area contributed by atoms with E-state index in [0.29, 0.717) is 28.7 Å². The van der Waals surface area contributed by atoms with Crippen LogP contribution in [0, 0.1) is 5.92 Å². The van der Waals surface area contributed by atoms with Gasteiger partial charge in [-0.05, 0) is 24.3 Å². The van der Waals surface area contributed by atoms with Crippen molar-refractivity contribution >= 4 is 17.5 Å². The van der Waals surface area contributed by atoms with Crippen LogP contribution < -0.4 is 29.2 Å². The number of rotatable bonds is 10. The van der Waals surface area contributed by atoms with Crippen molar-refractivity contribution in [2.45, 2.75) is 12.5 Å². The van der Waals surface area contributed by atoms with E-state index < -0.39 is 12.0 Å². The van der Waals surface area contributed by atoms with Crippen molar-refractivity contribution in [1.82, 2.24) is 5.32 Å². The minimum Gasteiger partial charge on any atom is -0.497 e. The zero-order valence-corrected chi connectivity index (χ0v) is 18.4. The van der Waals surface area contributed by atoms with Gasteiger partial charge in [-0.2, -0.15) is 0 Å². The molecule has 0 aliphatic carbocycles. The van der Waals surface area contributed by atoms with E-state index in [4.69, 9.17) is 18.9 Å². The number of ether oxygens (including phenoxy) is 4. The first-order chi connectivity index (χ1) is 15.5. The van der Waals surface area contributed by atoms with Crippen molar-refractivity contribution in [2.24, 2.45) is 5.92 Å². The summed E-state index contributed by atoms with van der Waals surface area (Å²) in [6.45, 7) is 0.180. The average Bonchev–Trinajstić information content (AvgIpc) is 3.22. The zero-order chi connectivity index (χ0) is 23.1. The molecule has 0 bridgehead atoms. The van der Waals surface area contributed by atoms with Crippen LogP contribution in [0.25, 0.3) is 0 Å². The molecule has 0 aromatic heterocycles. The summed E-state index contributed by atoms with van der Waals surface area (Å²) >= 11 is 0. The largest absolute Gasteiger partial charge is 0.497 e. The molecule has 0 radical (unpaired) electrons. The number of hydrogen-bond acceptors (Lipinski definition) is 7. The van der Waals surface area contributed by atoms with Crippen molar-refractivity contribution in [3.8, 4) is 23.0 Å². The van der Waals surface area contributed by atoms with Gasteiger partial charge < -0.3 is 34.3 Å². The summed E-state index contributed by atoms with van der Waals surface area (Å²) in [7, 11) is 4.58. The molecule has 0 spiro atoms. The van der Waals surface area contributed by atoms with E-state index in [1.54, 1.807) is 54.5 Å². The van der Waals surface area contributed by atoms with Gasteiger partial charge in [0.2, 0.25) is 17.6 Å². The number of benzene rings is 2. The molecule has 9 nitrogen and oxygen atoms in total. The molecule has 1 heterocycles. The monoisotopic (exact) mass is 444 g/mol. The van der Waals surface area contributed by atoms with Crippen molar-refractivity contribution in [3.63, 3.8) is 0 Å². The molecule has 2 N–H and O–H groups in total. The number of carbonyl (C=O) groups is 2. The predicted octanol–water partition coefficient (Wildman–Crippen LogP) is 1.62. The maximum Gasteiger partial charge on any atom is 0.227 e. The summed E-state index contributed by atoms with van der Waals surface area (Å²) in [5.74, 6) is 1.03. The Balaban J connectivity index is 1.51. The van der Waals surface area contributed by atoms with Crippen LogP contribution in [0.1, 0.15) is 6.42 Å². The highest BCUT2D eigenvalue weighted by molar-refractivity contribution is 6.00. The van der Waals surface area contributed by atoms with E-state index in [0.717, 1.165) is 0 Å². The Hall–Kier alpha value is -3.46. The summed E-state index contributed by atoms with van der Waals surface area (Å²) in [6.07, 6.45) is -0.853. The Morgan fingerprint density at radius 3 is 2.47 bits per heavy atom. The molecule has 2 aromatic carbocycles. The van der Waals surface area contributed by atoms with E-state index in [1.165, 1.54) is 14.2 Å². The Morgan fingerprint density at radius 2 is 1.81 bits per heavy atom. The molecular formula is C23H28N2O7. The molecule has 32 heavy (non-hydrogen) atoms. The maximum atomic E-state index is 12.6. The number of anilines is 1. The lowest BCUT2D eigenvalue weighted by molar-refractivity contribution is -0.126. The van der Waals surface area contributed by atoms with Crippen LogP contribution in [-0.4, -0.2) is 64.1 Å². The molecule has 1 saturated heterocycles. The van der Waals surface area contributed by atoms with Crippen molar-refractivity contribution in [1.29, 1.82) is 0 Å². The molecule has 1 aliphatic rings. The standard InChI is InChI=1S/C23H28N2O7/c1-29-18-7-4-6-16(11-18)25-13-15(10-21(25)27)23(28)24-12-17(26)14-32-22-19(30-2)8-5-9-20(22)31-3/h4-9,11,15,17,26H,10,12-14H2,1-3H3,(H,24,28). The van der Waals surface area contributed by atoms with Crippen LogP contribution in [0.5, 0.6) is 23.0 Å². The van der Waals surface area contributed by atoms with Crippen LogP contribution >= 0.6 is 0 Å². The highest BCUT2D eigenvalue weighted by atomic mass is 16.5. The number of amides is 2. The number of aliphatic hydroxyl groups is 1. The van der Waals surface area contributed by atoms with Crippen LogP contribution in [0.4, 0.5) is 5.69 Å². The molecule has 2 amide bonds. The second-order valence-electron chi connectivity index (χ2n) is 7.31. The second-order valence-corrected chi connectivity index (χ2v) is 7.31. The number of carbonyl (C=O) groups excluding carboxylic acids is 2. The second kappa shape index (κ2) is 10.7. The Labute approximate surface area is 186 Å². The molecule has 0 saturated carbocycles. The van der Waals surface area contributed by atoms with Gasteiger partial charge in [-0.25, -0.2) is 0 Å². The Morgan fingerprint density at radius 1 is 1.12 bits per heavy atom. The first-order valence-corrected chi connectivity index (χ1v) is 10.2. The van der Waals surface area contributed by atoms with Gasteiger partial charge in [-0.15, -0.1) is 0 Å². The first-order valence-electron chi connectivity index (χ1n) is 10.2. The lowest BCUT2D eigenvalue weighted by Crippen LogP contribution is -2.39. The fourth-order valence-electron chi connectivity index (χ4n) is 3.47. The lowest BCUT2D eigenvalue weighted by Gasteiger charge is -2.19. The topological polar surface area (TPSA) is 107 Å². The SMILES string of the molecule is COc1cccc(N2CC(C(=O)NCC(O)COc3c(OC)cccc3OC)CC2=O)c1. The number of aliphatic hydroxyl groups excluding tert-OH is 1. The smallest absolute Gasteiger partial charge is 0.227 e. The third-order valence-corrected chi connectivity index (χ3v) is 5.18. The summed E-state index contributed by atoms with van der Waals surface area (Å²) in [6, 6.07) is 12.3. The van der Waals surface area contributed by atoms with Gasteiger partial charge in [-0.3, -0.25) is 9.59 Å². The van der Waals surface area contributed by atoms with Crippen LogP contribution in [0.2, 0.25) is 0 Å². The van der Waals surface area contributed by atoms with Crippen LogP contribution in [0.3, 0.4) is 0 Å². The van der Waals surface area contributed by atoms with Gasteiger partial charge in [0.05, 0.1) is 27.2 Å². The quantitative estimate of drug-likeness (QED) is 0.574. The highest BCUT2D eigenvalue weighted by Gasteiger charge is 2.35. The van der Waals surface area contributed by atoms with E-state index in [9.17, 15) is 14.7 Å². The Kier molecular flexibility index (Phi) is 7.77. The van der Waals surface area contributed by atoms with E-state index in [1.807, 2.05) is 0 Å². The summed E-state index contributed by atoms with van der Waals surface area (Å²) < 4.78 is 21.4. The fourth-order valence-corrected chi connectivity index (χ4v) is 3.47. The molecular weight excluding hydrogens is 416 g/mol. The number of nitrogens with zero attached hydrogens (tertiary/aromatic N) is 1. The minimum atomic E-state index is -0.958. The minimum absolute atomic E-state index is 0.0137. The summed E-state index contributed by atoms with van der Waals surface area (Å²) in [5, 5.41) is 13.0. The van der Waals surface area contributed by atoms with Gasteiger partial charge in [0.15, 0.2) is 11.5 Å². The number of para-hydroxylation sites is 1. The van der Waals surface area contributed by atoms with Gasteiger partial charge in [0.25, 0.3) is 0 Å². The van der Waals surface area contributed by atoms with Crippen molar-refractivity contribution < 1.29 is 33.6 Å². The van der Waals surface area contributed by atoms with Gasteiger partial charge in [0, 0.05) is 31.3 Å². The normalized spacial score (nSPS) is 16.4. The zero-order valence-electron chi connectivity index (χ0n) is 18.4. The van der Waals surface area contributed by atoms with Gasteiger partial charge >= 0.3 is 0 Å². The van der Waals surface area contributed by atoms with Crippen molar-refractivity contribution in [3.05, 3.63) is 42.5 Å². The molecule has 9 heteroatoms. The van der Waals surface area contributed by atoms with Gasteiger partial charge in [-0.1, -0.05) is 12.1 Å². The number of hydrogen-bond donors (Lipinski definition) is 2. The Bertz CT molecular complexity index is 927. The number of methoxy groups -OCH3 is 3. The lowest BCUT2D eigenvalue weighted by atomic mass is 10.1. The van der Waals surface area contributed by atoms with E-state index in [-0.39, 0.29) is 37.9 Å². The molecule has 2 unspecified atom stereocenters. The average molecular weight is 444 g/mol. The first kappa shape index (κ1) is 23.2. The third-order valence-electron chi connectivity index (χ3n) is 5.18. The van der Waals surface area contributed by atoms with Gasteiger partial charge in [0.1, 0.15) is 18.5 Å². The van der Waals surface area contributed by atoms with Crippen molar-refractivity contribution in [2.75, 3.05) is 45.9 Å². The predicted molar refractivity (Wildman–Crippen MR) is 118 cm³/mol. The molecule has 1 fully saturated rings. The summed E-state index contributed by atoms with van der Waals surface area (Å²) in [4.78, 5) is 26.6. The van der Waals surface area contributed by atoms with E-state index >= 15 is 0 Å². The fraction of sp³-hybridized carbons (Fsp3) is 0.391. The third kappa shape index (κ3) is 5.42. The molecule has 2 atom stereocenters. The van der Waals surface area contributed by atoms with E-state index in [2.05, 4.69) is 5.32 Å². The molecule has 172 valence electrons.